The highest BCUT2D eigenvalue weighted by atomic mass is 28.3. The third-order valence-corrected chi connectivity index (χ3v) is 10.9. The second kappa shape index (κ2) is 10.8. The van der Waals surface area contributed by atoms with Crippen LogP contribution in [0.15, 0.2) is 18.2 Å². The molecule has 1 heterocycles. The Hall–Kier alpha value is -0.773. The zero-order valence-electron chi connectivity index (χ0n) is 17.4. The Morgan fingerprint density at radius 1 is 0.929 bits per heavy atom. The highest BCUT2D eigenvalue weighted by Crippen LogP contribution is 2.39. The minimum Gasteiger partial charge on any atom is -0.248 e. The number of hydrogen-bond donors (Lipinski definition) is 0. The molecule has 0 nitrogen and oxygen atoms in total. The maximum atomic E-state index is 13.5. The van der Waals surface area contributed by atoms with E-state index in [2.05, 4.69) is 0 Å². The molecule has 1 saturated carbocycles. The molecule has 28 heavy (non-hydrogen) atoms. The minimum atomic E-state index is -0.743. The van der Waals surface area contributed by atoms with Gasteiger partial charge in [-0.25, -0.2) is 13.2 Å². The molecule has 1 atom stereocenters. The molecule has 0 amide bonds. The summed E-state index contributed by atoms with van der Waals surface area (Å²) >= 11 is 0. The van der Waals surface area contributed by atoms with Crippen molar-refractivity contribution in [2.45, 2.75) is 101 Å². The number of benzene rings is 1. The van der Waals surface area contributed by atoms with E-state index in [1.807, 2.05) is 0 Å². The van der Waals surface area contributed by atoms with Gasteiger partial charge in [-0.1, -0.05) is 56.3 Å². The first-order valence-corrected chi connectivity index (χ1v) is 14.0. The fourth-order valence-electron chi connectivity index (χ4n) is 5.52. The maximum Gasteiger partial charge on any atom is 0.159 e. The largest absolute Gasteiger partial charge is 0.248 e. The quantitative estimate of drug-likeness (QED) is 0.384. The molecule has 0 N–H and O–H groups in total. The van der Waals surface area contributed by atoms with Crippen molar-refractivity contribution in [1.82, 2.24) is 0 Å². The Morgan fingerprint density at radius 3 is 2.18 bits per heavy atom. The Balaban J connectivity index is 1.31. The van der Waals surface area contributed by atoms with Crippen LogP contribution in [0.4, 0.5) is 13.2 Å². The van der Waals surface area contributed by atoms with Crippen molar-refractivity contribution < 1.29 is 13.2 Å². The predicted molar refractivity (Wildman–Crippen MR) is 114 cm³/mol. The molecule has 1 unspecified atom stereocenters. The molecule has 0 radical (unpaired) electrons. The molecule has 3 rings (SSSR count). The fraction of sp³-hybridized carbons (Fsp3) is 0.750. The average Bonchev–Trinajstić information content (AvgIpc) is 2.70. The molecule has 1 aromatic rings. The van der Waals surface area contributed by atoms with Gasteiger partial charge in [0.15, 0.2) is 11.6 Å². The molecule has 0 aromatic heterocycles. The van der Waals surface area contributed by atoms with Crippen molar-refractivity contribution in [2.75, 3.05) is 0 Å². The molecule has 158 valence electrons. The van der Waals surface area contributed by atoms with Crippen LogP contribution in [-0.2, 0) is 0 Å². The number of halogens is 3. The van der Waals surface area contributed by atoms with Crippen LogP contribution in [0, 0.1) is 23.5 Å². The standard InChI is InChI=1S/C24H37F3Si/c1-18(25)3-2-14-28-15-12-20(13-16-28)5-4-19-6-8-21(9-7-19)22-10-11-23(26)24(27)17-22/h10-11,17-21,28H,2-9,12-16H2,1H3/t18?,19-,20-,21-,28-. The molecule has 4 heteroatoms. The summed E-state index contributed by atoms with van der Waals surface area (Å²) in [6, 6.07) is 8.75. The monoisotopic (exact) mass is 410 g/mol. The van der Waals surface area contributed by atoms with E-state index in [1.54, 1.807) is 13.0 Å². The lowest BCUT2D eigenvalue weighted by atomic mass is 9.76. The van der Waals surface area contributed by atoms with E-state index in [1.165, 1.54) is 68.8 Å². The van der Waals surface area contributed by atoms with E-state index in [4.69, 9.17) is 0 Å². The van der Waals surface area contributed by atoms with Crippen LogP contribution in [-0.4, -0.2) is 15.0 Å². The smallest absolute Gasteiger partial charge is 0.159 e. The number of hydrogen-bond acceptors (Lipinski definition) is 0. The van der Waals surface area contributed by atoms with Gasteiger partial charge in [-0.05, 0) is 74.5 Å². The maximum absolute atomic E-state index is 13.5. The summed E-state index contributed by atoms with van der Waals surface area (Å²) in [7, 11) is -0.558. The van der Waals surface area contributed by atoms with Crippen molar-refractivity contribution in [3.05, 3.63) is 35.4 Å². The second-order valence-electron chi connectivity index (χ2n) is 9.57. The molecule has 2 fully saturated rings. The van der Waals surface area contributed by atoms with Gasteiger partial charge in [0.2, 0.25) is 0 Å². The SMILES string of the molecule is CC(F)CCC[Si@H]1CC[C@H](CC[C@H]2CC[C@H](c3ccc(F)c(F)c3)CC2)CC1. The lowest BCUT2D eigenvalue weighted by molar-refractivity contribution is 0.279. The third-order valence-electron chi connectivity index (χ3n) is 7.43. The van der Waals surface area contributed by atoms with Crippen molar-refractivity contribution >= 4 is 8.80 Å². The number of rotatable bonds is 8. The normalized spacial score (nSPS) is 29.6. The van der Waals surface area contributed by atoms with E-state index in [-0.39, 0.29) is 0 Å². The second-order valence-corrected chi connectivity index (χ2v) is 13.0. The van der Waals surface area contributed by atoms with Crippen molar-refractivity contribution in [2.24, 2.45) is 11.8 Å². The molecule has 1 aromatic carbocycles. The molecule has 1 saturated heterocycles. The van der Waals surface area contributed by atoms with Crippen LogP contribution >= 0.6 is 0 Å². The van der Waals surface area contributed by atoms with E-state index < -0.39 is 26.6 Å². The summed E-state index contributed by atoms with van der Waals surface area (Å²) in [5.41, 5.74) is 0.975. The highest BCUT2D eigenvalue weighted by Gasteiger charge is 2.26. The van der Waals surface area contributed by atoms with E-state index in [0.717, 1.165) is 43.1 Å². The first-order chi connectivity index (χ1) is 13.5. The average molecular weight is 411 g/mol. The van der Waals surface area contributed by atoms with Gasteiger partial charge in [-0.3, -0.25) is 0 Å². The van der Waals surface area contributed by atoms with Crippen molar-refractivity contribution in [3.8, 4) is 0 Å². The summed E-state index contributed by atoms with van der Waals surface area (Å²) < 4.78 is 39.5. The first kappa shape index (κ1) is 21.9. The van der Waals surface area contributed by atoms with Crippen LogP contribution in [0.5, 0.6) is 0 Å². The Morgan fingerprint density at radius 2 is 1.57 bits per heavy atom. The van der Waals surface area contributed by atoms with Gasteiger partial charge in [0, 0.05) is 8.80 Å². The molecular weight excluding hydrogens is 373 g/mol. The van der Waals surface area contributed by atoms with Crippen molar-refractivity contribution in [3.63, 3.8) is 0 Å². The molecule has 0 bridgehead atoms. The Bertz CT molecular complexity index is 588. The van der Waals surface area contributed by atoms with E-state index >= 15 is 0 Å². The summed E-state index contributed by atoms with van der Waals surface area (Å²) in [5, 5.41) is 0. The summed E-state index contributed by atoms with van der Waals surface area (Å²) in [4.78, 5) is 0. The summed E-state index contributed by atoms with van der Waals surface area (Å²) in [6.45, 7) is 1.68. The lowest BCUT2D eigenvalue weighted by Gasteiger charge is -2.32. The van der Waals surface area contributed by atoms with Crippen LogP contribution in [0.25, 0.3) is 0 Å². The zero-order valence-corrected chi connectivity index (χ0v) is 18.6. The van der Waals surface area contributed by atoms with Crippen molar-refractivity contribution in [1.29, 1.82) is 0 Å². The predicted octanol–water partition coefficient (Wildman–Crippen LogP) is 7.79. The molecule has 2 aliphatic rings. The third kappa shape index (κ3) is 6.64. The van der Waals surface area contributed by atoms with Crippen LogP contribution in [0.1, 0.15) is 82.6 Å². The van der Waals surface area contributed by atoms with Gasteiger partial charge in [-0.2, -0.15) is 0 Å². The van der Waals surface area contributed by atoms with Gasteiger partial charge in [-0.15, -0.1) is 0 Å². The van der Waals surface area contributed by atoms with Crippen LogP contribution < -0.4 is 0 Å². The number of alkyl halides is 1. The topological polar surface area (TPSA) is 0 Å². The zero-order chi connectivity index (χ0) is 19.9. The summed E-state index contributed by atoms with van der Waals surface area (Å²) in [5.74, 6) is 0.695. The van der Waals surface area contributed by atoms with Gasteiger partial charge in [0.25, 0.3) is 0 Å². The molecule has 1 aliphatic heterocycles. The fourth-order valence-corrected chi connectivity index (χ4v) is 9.08. The molecule has 0 spiro atoms. The van der Waals surface area contributed by atoms with Gasteiger partial charge >= 0.3 is 0 Å². The van der Waals surface area contributed by atoms with Gasteiger partial charge in [0.1, 0.15) is 0 Å². The van der Waals surface area contributed by atoms with Gasteiger partial charge in [0.05, 0.1) is 6.17 Å². The lowest BCUT2D eigenvalue weighted by Crippen LogP contribution is -2.22. The summed E-state index contributed by atoms with van der Waals surface area (Å²) in [6.07, 6.45) is 11.5. The van der Waals surface area contributed by atoms with E-state index in [0.29, 0.717) is 5.92 Å². The first-order valence-electron chi connectivity index (χ1n) is 11.6. The van der Waals surface area contributed by atoms with Crippen LogP contribution in [0.3, 0.4) is 0 Å². The molecule has 1 aliphatic carbocycles. The van der Waals surface area contributed by atoms with E-state index in [9.17, 15) is 13.2 Å². The minimum absolute atomic E-state index is 0.403. The Kier molecular flexibility index (Phi) is 8.49. The van der Waals surface area contributed by atoms with Gasteiger partial charge < -0.3 is 0 Å². The Labute approximate surface area is 170 Å². The molecular formula is C24H37F3Si. The van der Waals surface area contributed by atoms with Crippen LogP contribution in [0.2, 0.25) is 18.1 Å². The highest BCUT2D eigenvalue weighted by molar-refractivity contribution is 6.58.